The van der Waals surface area contributed by atoms with Crippen LogP contribution in [0.1, 0.15) is 10.4 Å². The summed E-state index contributed by atoms with van der Waals surface area (Å²) in [6, 6.07) is 9.71. The van der Waals surface area contributed by atoms with Gasteiger partial charge in [0.1, 0.15) is 0 Å². The summed E-state index contributed by atoms with van der Waals surface area (Å²) in [5, 5.41) is 5.06. The fraction of sp³-hybridized carbons (Fsp3) is 0.294. The first-order chi connectivity index (χ1) is 11.9. The van der Waals surface area contributed by atoms with E-state index in [1.165, 1.54) is 24.3 Å². The standard InChI is InChI=1S/C17H20N4O3S/c18-25(23,24)16-3-1-14(2-4-16)17(22)13-20-9-11-21(12-10-20)15-5-7-19-8-6-15/h1-8H,9-13H2,(H2,18,23,24). The third-order valence-electron chi connectivity index (χ3n) is 4.27. The number of pyridine rings is 1. The fourth-order valence-corrected chi connectivity index (χ4v) is 3.36. The number of hydrogen-bond donors (Lipinski definition) is 1. The number of sulfonamides is 1. The predicted molar refractivity (Wildman–Crippen MR) is 95.0 cm³/mol. The van der Waals surface area contributed by atoms with Crippen molar-refractivity contribution >= 4 is 21.5 Å². The van der Waals surface area contributed by atoms with E-state index in [0.717, 1.165) is 31.9 Å². The van der Waals surface area contributed by atoms with Gasteiger partial charge >= 0.3 is 0 Å². The minimum absolute atomic E-state index is 0.00927. The molecular formula is C17H20N4O3S. The Kier molecular flexibility index (Phi) is 5.12. The van der Waals surface area contributed by atoms with Crippen LogP contribution >= 0.6 is 0 Å². The molecule has 0 unspecified atom stereocenters. The summed E-state index contributed by atoms with van der Waals surface area (Å²) in [6.45, 7) is 3.61. The number of rotatable bonds is 5. The molecule has 2 N–H and O–H groups in total. The molecule has 0 bridgehead atoms. The van der Waals surface area contributed by atoms with E-state index in [0.29, 0.717) is 12.1 Å². The first-order valence-corrected chi connectivity index (χ1v) is 9.51. The van der Waals surface area contributed by atoms with Gasteiger partial charge < -0.3 is 4.90 Å². The lowest BCUT2D eigenvalue weighted by molar-refractivity contribution is 0.0926. The highest BCUT2D eigenvalue weighted by Gasteiger charge is 2.20. The van der Waals surface area contributed by atoms with Gasteiger partial charge in [0.15, 0.2) is 5.78 Å². The van der Waals surface area contributed by atoms with Crippen LogP contribution in [0.2, 0.25) is 0 Å². The summed E-state index contributed by atoms with van der Waals surface area (Å²) in [5.74, 6) is -0.0293. The topological polar surface area (TPSA) is 96.6 Å². The van der Waals surface area contributed by atoms with E-state index in [1.54, 1.807) is 12.4 Å². The van der Waals surface area contributed by atoms with Gasteiger partial charge in [-0.25, -0.2) is 13.6 Å². The number of carbonyl (C=O) groups excluding carboxylic acids is 1. The quantitative estimate of drug-likeness (QED) is 0.790. The van der Waals surface area contributed by atoms with Crippen molar-refractivity contribution < 1.29 is 13.2 Å². The maximum Gasteiger partial charge on any atom is 0.238 e. The number of primary sulfonamides is 1. The summed E-state index contributed by atoms with van der Waals surface area (Å²) in [6.07, 6.45) is 3.55. The van der Waals surface area contributed by atoms with Crippen LogP contribution in [0, 0.1) is 0 Å². The highest BCUT2D eigenvalue weighted by molar-refractivity contribution is 7.89. The first-order valence-electron chi connectivity index (χ1n) is 7.97. The monoisotopic (exact) mass is 360 g/mol. The summed E-state index contributed by atoms with van der Waals surface area (Å²) >= 11 is 0. The molecule has 7 nitrogen and oxygen atoms in total. The highest BCUT2D eigenvalue weighted by Crippen LogP contribution is 2.15. The van der Waals surface area contributed by atoms with E-state index in [-0.39, 0.29) is 10.7 Å². The van der Waals surface area contributed by atoms with Crippen molar-refractivity contribution in [3.63, 3.8) is 0 Å². The smallest absolute Gasteiger partial charge is 0.238 e. The molecule has 1 aliphatic heterocycles. The number of aromatic nitrogens is 1. The van der Waals surface area contributed by atoms with Crippen molar-refractivity contribution in [1.82, 2.24) is 9.88 Å². The van der Waals surface area contributed by atoms with Gasteiger partial charge in [-0.2, -0.15) is 0 Å². The number of hydrogen-bond acceptors (Lipinski definition) is 6. The number of nitrogens with two attached hydrogens (primary N) is 1. The number of nitrogens with zero attached hydrogens (tertiary/aromatic N) is 3. The van der Waals surface area contributed by atoms with Gasteiger partial charge in [-0.15, -0.1) is 0 Å². The number of piperazine rings is 1. The normalized spacial score (nSPS) is 16.0. The number of carbonyl (C=O) groups is 1. The lowest BCUT2D eigenvalue weighted by atomic mass is 10.1. The Morgan fingerprint density at radius 2 is 1.60 bits per heavy atom. The molecule has 2 heterocycles. The Morgan fingerprint density at radius 3 is 2.16 bits per heavy atom. The van der Waals surface area contributed by atoms with E-state index in [4.69, 9.17) is 5.14 Å². The molecule has 0 atom stereocenters. The first kappa shape index (κ1) is 17.5. The molecule has 0 radical (unpaired) electrons. The van der Waals surface area contributed by atoms with Crippen molar-refractivity contribution in [1.29, 1.82) is 0 Å². The van der Waals surface area contributed by atoms with Crippen molar-refractivity contribution in [2.75, 3.05) is 37.6 Å². The van der Waals surface area contributed by atoms with E-state index in [1.807, 2.05) is 12.1 Å². The molecule has 3 rings (SSSR count). The van der Waals surface area contributed by atoms with Crippen LogP contribution in [0.5, 0.6) is 0 Å². The minimum atomic E-state index is -3.74. The molecule has 0 saturated carbocycles. The molecule has 1 aromatic heterocycles. The van der Waals surface area contributed by atoms with E-state index in [2.05, 4.69) is 14.8 Å². The molecule has 8 heteroatoms. The van der Waals surface area contributed by atoms with Crippen LogP contribution < -0.4 is 10.0 Å². The van der Waals surface area contributed by atoms with Crippen LogP contribution in [0.3, 0.4) is 0 Å². The van der Waals surface area contributed by atoms with Gasteiger partial charge in [-0.3, -0.25) is 14.7 Å². The van der Waals surface area contributed by atoms with E-state index < -0.39 is 10.0 Å². The Hall–Kier alpha value is -2.29. The van der Waals surface area contributed by atoms with E-state index >= 15 is 0 Å². The number of anilines is 1. The third kappa shape index (κ3) is 4.41. The van der Waals surface area contributed by atoms with Gasteiger partial charge in [-0.05, 0) is 24.3 Å². The maximum absolute atomic E-state index is 12.4. The van der Waals surface area contributed by atoms with Crippen LogP contribution in [0.15, 0.2) is 53.7 Å². The molecule has 25 heavy (non-hydrogen) atoms. The second kappa shape index (κ2) is 7.30. The van der Waals surface area contributed by atoms with Gasteiger partial charge in [0, 0.05) is 49.8 Å². The summed E-state index contributed by atoms with van der Waals surface area (Å²) in [7, 11) is -3.74. The molecular weight excluding hydrogens is 340 g/mol. The average Bonchev–Trinajstić information content (AvgIpc) is 2.62. The molecule has 0 spiro atoms. The van der Waals surface area contributed by atoms with Gasteiger partial charge in [0.2, 0.25) is 10.0 Å². The van der Waals surface area contributed by atoms with Crippen molar-refractivity contribution in [2.24, 2.45) is 5.14 Å². The van der Waals surface area contributed by atoms with Gasteiger partial charge in [0.25, 0.3) is 0 Å². The zero-order valence-corrected chi connectivity index (χ0v) is 14.5. The number of benzene rings is 1. The maximum atomic E-state index is 12.4. The second-order valence-electron chi connectivity index (χ2n) is 5.96. The SMILES string of the molecule is NS(=O)(=O)c1ccc(C(=O)CN2CCN(c3ccncc3)CC2)cc1. The number of ketones is 1. The van der Waals surface area contributed by atoms with Gasteiger partial charge in [0.05, 0.1) is 11.4 Å². The molecule has 132 valence electrons. The largest absolute Gasteiger partial charge is 0.369 e. The fourth-order valence-electron chi connectivity index (χ4n) is 2.84. The Bertz CT molecular complexity index is 830. The van der Waals surface area contributed by atoms with Crippen LogP contribution in [0.25, 0.3) is 0 Å². The molecule has 0 amide bonds. The highest BCUT2D eigenvalue weighted by atomic mass is 32.2. The average molecular weight is 360 g/mol. The van der Waals surface area contributed by atoms with E-state index in [9.17, 15) is 13.2 Å². The molecule has 1 fully saturated rings. The molecule has 1 aliphatic rings. The minimum Gasteiger partial charge on any atom is -0.369 e. The lowest BCUT2D eigenvalue weighted by Crippen LogP contribution is -2.48. The lowest BCUT2D eigenvalue weighted by Gasteiger charge is -2.35. The second-order valence-corrected chi connectivity index (χ2v) is 7.52. The van der Waals surface area contributed by atoms with Crippen molar-refractivity contribution in [2.45, 2.75) is 4.90 Å². The molecule has 0 aliphatic carbocycles. The molecule has 1 saturated heterocycles. The molecule has 1 aromatic carbocycles. The van der Waals surface area contributed by atoms with Crippen LogP contribution in [0.4, 0.5) is 5.69 Å². The Labute approximate surface area is 147 Å². The third-order valence-corrected chi connectivity index (χ3v) is 5.20. The zero-order valence-electron chi connectivity index (χ0n) is 13.7. The molecule has 2 aromatic rings. The summed E-state index contributed by atoms with van der Waals surface area (Å²) in [4.78, 5) is 20.8. The zero-order chi connectivity index (χ0) is 17.9. The number of Topliss-reactive ketones (excluding diaryl/α,β-unsaturated/α-hetero) is 1. The Balaban J connectivity index is 1.56. The summed E-state index contributed by atoms with van der Waals surface area (Å²) in [5.41, 5.74) is 1.63. The van der Waals surface area contributed by atoms with Crippen molar-refractivity contribution in [3.8, 4) is 0 Å². The summed E-state index contributed by atoms with van der Waals surface area (Å²) < 4.78 is 22.5. The van der Waals surface area contributed by atoms with Crippen molar-refractivity contribution in [3.05, 3.63) is 54.4 Å². The van der Waals surface area contributed by atoms with Crippen LogP contribution in [-0.2, 0) is 10.0 Å². The van der Waals surface area contributed by atoms with Gasteiger partial charge in [-0.1, -0.05) is 12.1 Å². The Morgan fingerprint density at radius 1 is 1.00 bits per heavy atom. The van der Waals surface area contributed by atoms with Crippen LogP contribution in [-0.4, -0.2) is 56.8 Å². The predicted octanol–water partition coefficient (Wildman–Crippen LogP) is 0.734.